The molecular weight excluding hydrogens is 261 g/mol. The molecule has 1 aliphatic carbocycles. The molecule has 4 heteroatoms. The van der Waals surface area contributed by atoms with Crippen molar-refractivity contribution in [3.63, 3.8) is 0 Å². The van der Waals surface area contributed by atoms with Crippen molar-refractivity contribution in [3.8, 4) is 5.75 Å². The van der Waals surface area contributed by atoms with Gasteiger partial charge in [0.25, 0.3) is 5.95 Å². The molecule has 2 rings (SSSR count). The summed E-state index contributed by atoms with van der Waals surface area (Å²) in [5.41, 5.74) is 1.09. The molecule has 0 atom stereocenters. The molecule has 1 aromatic heterocycles. The zero-order chi connectivity index (χ0) is 13.5. The lowest BCUT2D eigenvalue weighted by atomic mass is 10.1. The molecule has 0 aliphatic heterocycles. The maximum absolute atomic E-state index is 13.7. The standard InChI is InChI=1S/C15H18FNOS/c1-2-10-19-14-9-8-13(15(16)17-14)18-11-12-6-4-3-5-7-12/h4,6-9H,2-3,5,10-11H2,1H3. The number of ether oxygens (including phenoxy) is 1. The second-order valence-electron chi connectivity index (χ2n) is 4.33. The SMILES string of the molecule is CCCSc1ccc(OCC2=CCCC=C2)c(F)n1. The van der Waals surface area contributed by atoms with Crippen LogP contribution in [0.15, 0.2) is 41.0 Å². The van der Waals surface area contributed by atoms with Crippen molar-refractivity contribution in [2.45, 2.75) is 31.2 Å². The number of thioether (sulfide) groups is 1. The Kier molecular flexibility index (Phi) is 5.45. The fourth-order valence-corrected chi connectivity index (χ4v) is 2.46. The van der Waals surface area contributed by atoms with E-state index in [4.69, 9.17) is 4.74 Å². The molecule has 1 heterocycles. The van der Waals surface area contributed by atoms with Crippen LogP contribution in [0.3, 0.4) is 0 Å². The van der Waals surface area contributed by atoms with Crippen molar-refractivity contribution < 1.29 is 9.13 Å². The van der Waals surface area contributed by atoms with Crippen molar-refractivity contribution in [1.82, 2.24) is 4.98 Å². The first-order chi connectivity index (χ1) is 9.29. The minimum atomic E-state index is -0.526. The molecule has 0 spiro atoms. The van der Waals surface area contributed by atoms with Gasteiger partial charge in [-0.1, -0.05) is 25.2 Å². The molecule has 0 amide bonds. The van der Waals surface area contributed by atoms with Crippen molar-refractivity contribution in [2.75, 3.05) is 12.4 Å². The molecule has 1 aromatic rings. The molecule has 0 fully saturated rings. The zero-order valence-electron chi connectivity index (χ0n) is 11.1. The maximum Gasteiger partial charge on any atom is 0.256 e. The van der Waals surface area contributed by atoms with Crippen molar-refractivity contribution in [1.29, 1.82) is 0 Å². The average Bonchev–Trinajstić information content (AvgIpc) is 2.45. The van der Waals surface area contributed by atoms with Gasteiger partial charge in [0, 0.05) is 0 Å². The first kappa shape index (κ1) is 14.1. The molecule has 0 radical (unpaired) electrons. The summed E-state index contributed by atoms with van der Waals surface area (Å²) >= 11 is 1.56. The van der Waals surface area contributed by atoms with Crippen LogP contribution in [0.25, 0.3) is 0 Å². The van der Waals surface area contributed by atoms with E-state index in [-0.39, 0.29) is 5.75 Å². The lowest BCUT2D eigenvalue weighted by Crippen LogP contribution is -2.03. The molecular formula is C15H18FNOS. The van der Waals surface area contributed by atoms with Gasteiger partial charge in [-0.05, 0) is 42.7 Å². The Morgan fingerprint density at radius 1 is 1.37 bits per heavy atom. The van der Waals surface area contributed by atoms with Crippen LogP contribution in [-0.4, -0.2) is 17.3 Å². The summed E-state index contributed by atoms with van der Waals surface area (Å²) in [5, 5.41) is 0.712. The summed E-state index contributed by atoms with van der Waals surface area (Å²) in [6, 6.07) is 3.47. The number of rotatable bonds is 6. The predicted octanol–water partition coefficient (Wildman–Crippen LogP) is 4.38. The van der Waals surface area contributed by atoms with E-state index in [9.17, 15) is 4.39 Å². The Morgan fingerprint density at radius 2 is 2.26 bits per heavy atom. The van der Waals surface area contributed by atoms with Crippen molar-refractivity contribution in [2.24, 2.45) is 0 Å². The normalized spacial score (nSPS) is 14.3. The van der Waals surface area contributed by atoms with Gasteiger partial charge >= 0.3 is 0 Å². The Labute approximate surface area is 117 Å². The number of halogens is 1. The molecule has 0 saturated heterocycles. The molecule has 19 heavy (non-hydrogen) atoms. The highest BCUT2D eigenvalue weighted by Crippen LogP contribution is 2.22. The van der Waals surface area contributed by atoms with E-state index in [1.54, 1.807) is 17.8 Å². The number of allylic oxidation sites excluding steroid dienone is 2. The van der Waals surface area contributed by atoms with Gasteiger partial charge in [-0.3, -0.25) is 0 Å². The molecule has 2 nitrogen and oxygen atoms in total. The van der Waals surface area contributed by atoms with Crippen LogP contribution in [0.2, 0.25) is 0 Å². The minimum Gasteiger partial charge on any atom is -0.484 e. The quantitative estimate of drug-likeness (QED) is 0.570. The number of hydrogen-bond acceptors (Lipinski definition) is 3. The van der Waals surface area contributed by atoms with Crippen LogP contribution < -0.4 is 4.74 Å². The lowest BCUT2D eigenvalue weighted by Gasteiger charge is -2.10. The second kappa shape index (κ2) is 7.34. The molecule has 0 saturated carbocycles. The molecule has 102 valence electrons. The number of nitrogens with zero attached hydrogens (tertiary/aromatic N) is 1. The molecule has 1 aliphatic rings. The summed E-state index contributed by atoms with van der Waals surface area (Å²) in [5.74, 6) is 0.645. The number of pyridine rings is 1. The Balaban J connectivity index is 1.93. The second-order valence-corrected chi connectivity index (χ2v) is 5.45. The number of aromatic nitrogens is 1. The van der Waals surface area contributed by atoms with E-state index in [0.29, 0.717) is 11.6 Å². The van der Waals surface area contributed by atoms with Crippen LogP contribution in [0.5, 0.6) is 5.75 Å². The third-order valence-electron chi connectivity index (χ3n) is 2.71. The van der Waals surface area contributed by atoms with Crippen molar-refractivity contribution >= 4 is 11.8 Å². The van der Waals surface area contributed by atoms with Crippen LogP contribution in [0.1, 0.15) is 26.2 Å². The summed E-state index contributed by atoms with van der Waals surface area (Å²) in [4.78, 5) is 3.91. The van der Waals surface area contributed by atoms with Gasteiger partial charge in [0.1, 0.15) is 6.61 Å². The van der Waals surface area contributed by atoms with E-state index >= 15 is 0 Å². The fraction of sp³-hybridized carbons (Fsp3) is 0.400. The first-order valence-corrected chi connectivity index (χ1v) is 7.56. The third kappa shape index (κ3) is 4.39. The largest absolute Gasteiger partial charge is 0.484 e. The highest BCUT2D eigenvalue weighted by molar-refractivity contribution is 7.99. The molecule has 0 bridgehead atoms. The molecule has 0 aromatic carbocycles. The van der Waals surface area contributed by atoms with Gasteiger partial charge < -0.3 is 4.74 Å². The Bertz CT molecular complexity index is 485. The van der Waals surface area contributed by atoms with Gasteiger partial charge in [-0.15, -0.1) is 11.8 Å². The topological polar surface area (TPSA) is 22.1 Å². The van der Waals surface area contributed by atoms with Crippen LogP contribution in [0, 0.1) is 5.95 Å². The molecule has 0 N–H and O–H groups in total. The van der Waals surface area contributed by atoms with E-state index in [0.717, 1.165) is 30.6 Å². The van der Waals surface area contributed by atoms with E-state index in [1.165, 1.54) is 0 Å². The van der Waals surface area contributed by atoms with Gasteiger partial charge in [-0.25, -0.2) is 4.98 Å². The van der Waals surface area contributed by atoms with Gasteiger partial charge in [0.05, 0.1) is 5.03 Å². The first-order valence-electron chi connectivity index (χ1n) is 6.57. The summed E-state index contributed by atoms with van der Waals surface area (Å²) in [7, 11) is 0. The van der Waals surface area contributed by atoms with Crippen LogP contribution in [0.4, 0.5) is 4.39 Å². The summed E-state index contributed by atoms with van der Waals surface area (Å²) in [6.07, 6.45) is 9.41. The van der Waals surface area contributed by atoms with Crippen LogP contribution >= 0.6 is 11.8 Å². The maximum atomic E-state index is 13.7. The lowest BCUT2D eigenvalue weighted by molar-refractivity contribution is 0.327. The smallest absolute Gasteiger partial charge is 0.256 e. The Morgan fingerprint density at radius 3 is 2.95 bits per heavy atom. The monoisotopic (exact) mass is 279 g/mol. The van der Waals surface area contributed by atoms with Gasteiger partial charge in [0.15, 0.2) is 5.75 Å². The summed E-state index contributed by atoms with van der Waals surface area (Å²) in [6.45, 7) is 2.49. The third-order valence-corrected chi connectivity index (χ3v) is 3.84. The van der Waals surface area contributed by atoms with Crippen molar-refractivity contribution in [3.05, 3.63) is 41.9 Å². The Hall–Kier alpha value is -1.29. The predicted molar refractivity (Wildman–Crippen MR) is 77.2 cm³/mol. The van der Waals surface area contributed by atoms with E-state index in [1.807, 2.05) is 12.1 Å². The van der Waals surface area contributed by atoms with Gasteiger partial charge in [-0.2, -0.15) is 4.39 Å². The van der Waals surface area contributed by atoms with Gasteiger partial charge in [0.2, 0.25) is 0 Å². The fourth-order valence-electron chi connectivity index (χ4n) is 1.74. The zero-order valence-corrected chi connectivity index (χ0v) is 11.9. The average molecular weight is 279 g/mol. The highest BCUT2D eigenvalue weighted by Gasteiger charge is 2.08. The highest BCUT2D eigenvalue weighted by atomic mass is 32.2. The van der Waals surface area contributed by atoms with Crippen LogP contribution in [-0.2, 0) is 0 Å². The summed E-state index contributed by atoms with van der Waals surface area (Å²) < 4.78 is 19.2. The molecule has 0 unspecified atom stereocenters. The number of hydrogen-bond donors (Lipinski definition) is 0. The van der Waals surface area contributed by atoms with E-state index < -0.39 is 5.95 Å². The minimum absolute atomic E-state index is 0.223. The van der Waals surface area contributed by atoms with E-state index in [2.05, 4.69) is 24.1 Å².